The van der Waals surface area contributed by atoms with Crippen LogP contribution in [0.2, 0.25) is 0 Å². The van der Waals surface area contributed by atoms with Gasteiger partial charge in [0.1, 0.15) is 6.61 Å². The molecule has 0 aromatic carbocycles. The largest absolute Gasteiger partial charge is 0.379 e. The Kier molecular flexibility index (Phi) is 4.42. The Morgan fingerprint density at radius 1 is 1.47 bits per heavy atom. The van der Waals surface area contributed by atoms with Crippen molar-refractivity contribution in [3.63, 3.8) is 0 Å². The average Bonchev–Trinajstić information content (AvgIpc) is 2.18. The molecule has 0 saturated carbocycles. The molecule has 88 valence electrons. The molecule has 0 aliphatic carbocycles. The highest BCUT2D eigenvalue weighted by Gasteiger charge is 2.24. The molecule has 1 aliphatic rings. The number of morpholine rings is 1. The second-order valence-corrected chi connectivity index (χ2v) is 4.49. The number of hydrogen-bond acceptors (Lipinski definition) is 5. The van der Waals surface area contributed by atoms with Crippen molar-refractivity contribution in [3.05, 3.63) is 0 Å². The van der Waals surface area contributed by atoms with Gasteiger partial charge in [0.15, 0.2) is 0 Å². The Morgan fingerprint density at radius 2 is 2.07 bits per heavy atom. The molecule has 1 aliphatic heterocycles. The predicted octanol–water partition coefficient (Wildman–Crippen LogP) is -2.43. The van der Waals surface area contributed by atoms with Crippen LogP contribution in [-0.4, -0.2) is 51.5 Å². The number of nitrogens with zero attached hydrogens (tertiary/aromatic N) is 1. The van der Waals surface area contributed by atoms with Gasteiger partial charge < -0.3 is 10.5 Å². The molecule has 0 unspecified atom stereocenters. The molecular weight excluding hydrogens is 226 g/mol. The molecule has 0 aromatic rings. The molecule has 1 rings (SSSR count). The van der Waals surface area contributed by atoms with Crippen molar-refractivity contribution in [2.75, 3.05) is 32.9 Å². The van der Waals surface area contributed by atoms with Gasteiger partial charge in [-0.25, -0.2) is 0 Å². The van der Waals surface area contributed by atoms with E-state index in [0.29, 0.717) is 13.2 Å². The maximum Gasteiger partial charge on any atom is 0.301 e. The summed E-state index contributed by atoms with van der Waals surface area (Å²) in [6.07, 6.45) is 0. The highest BCUT2D eigenvalue weighted by atomic mass is 32.2. The molecular formula is C6H13N3O5S. The van der Waals surface area contributed by atoms with Crippen LogP contribution in [0.1, 0.15) is 0 Å². The van der Waals surface area contributed by atoms with Gasteiger partial charge in [0.2, 0.25) is 5.91 Å². The van der Waals surface area contributed by atoms with Gasteiger partial charge in [-0.2, -0.15) is 12.7 Å². The number of nitrogens with one attached hydrogen (secondary N) is 1. The number of nitrogens with two attached hydrogens (primary N) is 1. The van der Waals surface area contributed by atoms with Crippen molar-refractivity contribution in [1.29, 1.82) is 0 Å². The van der Waals surface area contributed by atoms with Crippen LogP contribution < -0.4 is 10.6 Å². The van der Waals surface area contributed by atoms with Gasteiger partial charge in [0.25, 0.3) is 0 Å². The lowest BCUT2D eigenvalue weighted by molar-refractivity contribution is -0.123. The van der Waals surface area contributed by atoms with E-state index >= 15 is 0 Å². The van der Waals surface area contributed by atoms with Gasteiger partial charge in [-0.3, -0.25) is 9.63 Å². The van der Waals surface area contributed by atoms with E-state index in [4.69, 9.17) is 10.5 Å². The first-order valence-corrected chi connectivity index (χ1v) is 5.71. The summed E-state index contributed by atoms with van der Waals surface area (Å²) in [4.78, 5) is 16.5. The van der Waals surface area contributed by atoms with Crippen LogP contribution in [0.15, 0.2) is 0 Å². The quantitative estimate of drug-likeness (QED) is 0.518. The third-order valence-electron chi connectivity index (χ3n) is 1.69. The predicted molar refractivity (Wildman–Crippen MR) is 49.6 cm³/mol. The molecule has 1 amide bonds. The van der Waals surface area contributed by atoms with Gasteiger partial charge >= 0.3 is 10.2 Å². The lowest BCUT2D eigenvalue weighted by atomic mass is 10.5. The first-order valence-electron chi connectivity index (χ1n) is 4.27. The first kappa shape index (κ1) is 12.3. The van der Waals surface area contributed by atoms with Crippen LogP contribution in [0.4, 0.5) is 0 Å². The van der Waals surface area contributed by atoms with E-state index in [1.165, 1.54) is 0 Å². The van der Waals surface area contributed by atoms with Crippen molar-refractivity contribution in [2.24, 2.45) is 5.73 Å². The van der Waals surface area contributed by atoms with E-state index in [9.17, 15) is 13.2 Å². The zero-order chi connectivity index (χ0) is 11.3. The third-order valence-corrected chi connectivity index (χ3v) is 3.06. The minimum absolute atomic E-state index is 0.259. The monoisotopic (exact) mass is 239 g/mol. The lowest BCUT2D eigenvalue weighted by Crippen LogP contribution is -2.47. The Morgan fingerprint density at radius 3 is 2.60 bits per heavy atom. The first-order chi connectivity index (χ1) is 7.02. The van der Waals surface area contributed by atoms with Crippen LogP contribution in [0.25, 0.3) is 0 Å². The zero-order valence-corrected chi connectivity index (χ0v) is 8.83. The van der Waals surface area contributed by atoms with Crippen molar-refractivity contribution < 1.29 is 22.8 Å². The number of carbonyl (C=O) groups is 1. The normalized spacial score (nSPS) is 18.9. The fourth-order valence-corrected chi connectivity index (χ4v) is 1.96. The third kappa shape index (κ3) is 4.10. The van der Waals surface area contributed by atoms with Crippen molar-refractivity contribution in [2.45, 2.75) is 0 Å². The van der Waals surface area contributed by atoms with Crippen molar-refractivity contribution >= 4 is 16.1 Å². The standard InChI is InChI=1S/C6H13N3O5S/c7-6(10)5-14-8-15(11,12)9-1-3-13-4-2-9/h8H,1-5H2,(H2,7,10). The SMILES string of the molecule is NC(=O)CONS(=O)(=O)N1CCOCC1. The topological polar surface area (TPSA) is 111 Å². The van der Waals surface area contributed by atoms with Crippen molar-refractivity contribution in [3.8, 4) is 0 Å². The van der Waals surface area contributed by atoms with Crippen LogP contribution in [-0.2, 0) is 24.6 Å². The number of rotatable bonds is 5. The molecule has 0 atom stereocenters. The van der Waals surface area contributed by atoms with E-state index in [-0.39, 0.29) is 13.1 Å². The summed E-state index contributed by atoms with van der Waals surface area (Å²) in [7, 11) is -3.71. The Hall–Kier alpha value is -0.740. The van der Waals surface area contributed by atoms with E-state index < -0.39 is 22.7 Å². The molecule has 0 bridgehead atoms. The van der Waals surface area contributed by atoms with Gasteiger partial charge in [-0.1, -0.05) is 4.89 Å². The van der Waals surface area contributed by atoms with Gasteiger partial charge in [0, 0.05) is 13.1 Å². The molecule has 3 N–H and O–H groups in total. The van der Waals surface area contributed by atoms with Crippen LogP contribution in [0.3, 0.4) is 0 Å². The molecule has 9 heteroatoms. The van der Waals surface area contributed by atoms with E-state index in [0.717, 1.165) is 4.31 Å². The highest BCUT2D eigenvalue weighted by molar-refractivity contribution is 7.87. The fraction of sp³-hybridized carbons (Fsp3) is 0.833. The average molecular weight is 239 g/mol. The van der Waals surface area contributed by atoms with E-state index in [1.54, 1.807) is 4.89 Å². The van der Waals surface area contributed by atoms with Crippen LogP contribution in [0.5, 0.6) is 0 Å². The summed E-state index contributed by atoms with van der Waals surface area (Å²) in [5.41, 5.74) is 4.77. The van der Waals surface area contributed by atoms with Gasteiger partial charge in [0.05, 0.1) is 13.2 Å². The highest BCUT2D eigenvalue weighted by Crippen LogP contribution is 2.02. The van der Waals surface area contributed by atoms with Gasteiger partial charge in [-0.15, -0.1) is 0 Å². The zero-order valence-electron chi connectivity index (χ0n) is 8.01. The summed E-state index contributed by atoms with van der Waals surface area (Å²) in [5.74, 6) is -0.750. The Balaban J connectivity index is 2.40. The fourth-order valence-electron chi connectivity index (χ4n) is 1.01. The number of hydrogen-bond donors (Lipinski definition) is 2. The summed E-state index contributed by atoms with van der Waals surface area (Å²) in [6, 6.07) is 0. The summed E-state index contributed by atoms with van der Waals surface area (Å²) < 4.78 is 29.1. The van der Waals surface area contributed by atoms with Crippen LogP contribution >= 0.6 is 0 Å². The Labute approximate surface area is 87.4 Å². The molecule has 1 fully saturated rings. The summed E-state index contributed by atoms with van der Waals surface area (Å²) >= 11 is 0. The Bertz CT molecular complexity index is 311. The smallest absolute Gasteiger partial charge is 0.301 e. The number of primary amides is 1. The maximum absolute atomic E-state index is 11.4. The summed E-state index contributed by atoms with van der Waals surface area (Å²) in [5, 5.41) is 0. The number of amides is 1. The molecule has 0 radical (unpaired) electrons. The lowest BCUT2D eigenvalue weighted by Gasteiger charge is -2.25. The summed E-state index contributed by atoms with van der Waals surface area (Å²) in [6.45, 7) is 0.710. The minimum atomic E-state index is -3.71. The van der Waals surface area contributed by atoms with Crippen molar-refractivity contribution in [1.82, 2.24) is 9.19 Å². The molecule has 1 saturated heterocycles. The molecule has 1 heterocycles. The number of carbonyl (C=O) groups excluding carboxylic acids is 1. The number of ether oxygens (including phenoxy) is 1. The van der Waals surface area contributed by atoms with E-state index in [1.807, 2.05) is 0 Å². The maximum atomic E-state index is 11.4. The molecule has 0 aromatic heterocycles. The molecule has 0 spiro atoms. The van der Waals surface area contributed by atoms with Gasteiger partial charge in [-0.05, 0) is 0 Å². The van der Waals surface area contributed by atoms with E-state index in [2.05, 4.69) is 4.84 Å². The second kappa shape index (κ2) is 5.37. The minimum Gasteiger partial charge on any atom is -0.379 e. The second-order valence-electron chi connectivity index (χ2n) is 2.85. The van der Waals surface area contributed by atoms with Crippen LogP contribution in [0, 0.1) is 0 Å². The molecule has 15 heavy (non-hydrogen) atoms. The molecule has 8 nitrogen and oxygen atoms in total.